The number of piperidine rings is 1. The van der Waals surface area contributed by atoms with Crippen molar-refractivity contribution in [3.8, 4) is 0 Å². The third kappa shape index (κ3) is 5.45. The van der Waals surface area contributed by atoms with Crippen LogP contribution < -0.4 is 10.6 Å². The van der Waals surface area contributed by atoms with E-state index in [1.165, 1.54) is 25.5 Å². The van der Waals surface area contributed by atoms with E-state index in [9.17, 15) is 9.59 Å². The van der Waals surface area contributed by atoms with Gasteiger partial charge in [-0.1, -0.05) is 31.4 Å². The molecular formula is C21H31ClN4O2. The fourth-order valence-electron chi connectivity index (χ4n) is 4.25. The average molecular weight is 407 g/mol. The van der Waals surface area contributed by atoms with Crippen molar-refractivity contribution < 1.29 is 9.59 Å². The maximum atomic E-state index is 12.8. The van der Waals surface area contributed by atoms with Gasteiger partial charge in [-0.3, -0.25) is 14.5 Å². The monoisotopic (exact) mass is 406 g/mol. The fraction of sp³-hybridized carbons (Fsp3) is 0.667. The highest BCUT2D eigenvalue weighted by atomic mass is 35.5. The number of nitrogens with one attached hydrogen (secondary N) is 2. The molecule has 28 heavy (non-hydrogen) atoms. The highest BCUT2D eigenvalue weighted by Crippen LogP contribution is 2.25. The van der Waals surface area contributed by atoms with E-state index in [0.717, 1.165) is 25.8 Å². The number of carbonyl (C=O) groups is 2. The summed E-state index contributed by atoms with van der Waals surface area (Å²) in [6.07, 6.45) is 7.95. The molecule has 4 unspecified atom stereocenters. The molecule has 4 atom stereocenters. The molecule has 1 aromatic heterocycles. The van der Waals surface area contributed by atoms with E-state index < -0.39 is 0 Å². The normalized spacial score (nSPS) is 27.0. The Balaban J connectivity index is 1.53. The van der Waals surface area contributed by atoms with Crippen LogP contribution in [-0.4, -0.2) is 46.9 Å². The molecule has 0 bridgehead atoms. The number of rotatable bonds is 5. The highest BCUT2D eigenvalue weighted by molar-refractivity contribution is 6.30. The molecule has 1 saturated carbocycles. The smallest absolute Gasteiger partial charge is 0.237 e. The lowest BCUT2D eigenvalue weighted by molar-refractivity contribution is -0.130. The zero-order chi connectivity index (χ0) is 20.1. The first-order chi connectivity index (χ1) is 13.4. The predicted octanol–water partition coefficient (Wildman–Crippen LogP) is 3.47. The van der Waals surface area contributed by atoms with E-state index >= 15 is 0 Å². The van der Waals surface area contributed by atoms with Crippen LogP contribution in [0.1, 0.15) is 52.4 Å². The van der Waals surface area contributed by atoms with Crippen LogP contribution in [0.15, 0.2) is 18.3 Å². The van der Waals surface area contributed by atoms with Crippen molar-refractivity contribution in [2.24, 2.45) is 11.8 Å². The number of nitrogens with zero attached hydrogens (tertiary/aromatic N) is 2. The Morgan fingerprint density at radius 2 is 2.00 bits per heavy atom. The van der Waals surface area contributed by atoms with Crippen molar-refractivity contribution in [2.45, 2.75) is 64.5 Å². The Morgan fingerprint density at radius 3 is 2.71 bits per heavy atom. The summed E-state index contributed by atoms with van der Waals surface area (Å²) in [6, 6.07) is 3.46. The van der Waals surface area contributed by atoms with Crippen LogP contribution in [0.25, 0.3) is 0 Å². The van der Waals surface area contributed by atoms with Gasteiger partial charge in [0.25, 0.3) is 0 Å². The molecule has 1 saturated heterocycles. The number of amides is 2. The Hall–Kier alpha value is -1.66. The van der Waals surface area contributed by atoms with Crippen molar-refractivity contribution in [2.75, 3.05) is 18.4 Å². The van der Waals surface area contributed by atoms with Crippen LogP contribution in [0.5, 0.6) is 0 Å². The quantitative estimate of drug-likeness (QED) is 0.785. The molecule has 154 valence electrons. The van der Waals surface area contributed by atoms with E-state index in [1.807, 2.05) is 6.92 Å². The molecule has 1 aliphatic heterocycles. The lowest BCUT2D eigenvalue weighted by Gasteiger charge is -2.37. The first-order valence-corrected chi connectivity index (χ1v) is 10.8. The van der Waals surface area contributed by atoms with Gasteiger partial charge in [-0.25, -0.2) is 4.98 Å². The van der Waals surface area contributed by atoms with E-state index in [-0.39, 0.29) is 29.8 Å². The number of aromatic nitrogens is 1. The zero-order valence-corrected chi connectivity index (χ0v) is 17.5. The molecule has 7 heteroatoms. The van der Waals surface area contributed by atoms with Crippen LogP contribution in [0.3, 0.4) is 0 Å². The summed E-state index contributed by atoms with van der Waals surface area (Å²) >= 11 is 5.84. The van der Waals surface area contributed by atoms with E-state index in [4.69, 9.17) is 11.6 Å². The summed E-state index contributed by atoms with van der Waals surface area (Å²) in [7, 11) is 0. The number of likely N-dealkylation sites (tertiary alicyclic amines) is 1. The van der Waals surface area contributed by atoms with Gasteiger partial charge in [0.05, 0.1) is 17.0 Å². The Kier molecular flexibility index (Phi) is 7.30. The molecule has 2 heterocycles. The molecule has 2 aliphatic rings. The number of halogens is 1. The van der Waals surface area contributed by atoms with Gasteiger partial charge in [0.2, 0.25) is 11.8 Å². The minimum absolute atomic E-state index is 0.0481. The molecule has 3 rings (SSSR count). The maximum absolute atomic E-state index is 12.8. The maximum Gasteiger partial charge on any atom is 0.237 e. The summed E-state index contributed by atoms with van der Waals surface area (Å²) in [5.41, 5.74) is 0. The van der Waals surface area contributed by atoms with Crippen LogP contribution in [0.2, 0.25) is 5.02 Å². The van der Waals surface area contributed by atoms with E-state index in [2.05, 4.69) is 27.4 Å². The number of carbonyl (C=O) groups excluding carboxylic acids is 2. The Labute approximate surface area is 172 Å². The van der Waals surface area contributed by atoms with Crippen LogP contribution in [-0.2, 0) is 9.59 Å². The Bertz CT molecular complexity index is 681. The number of pyridine rings is 1. The van der Waals surface area contributed by atoms with Gasteiger partial charge < -0.3 is 10.6 Å². The lowest BCUT2D eigenvalue weighted by atomic mass is 9.86. The van der Waals surface area contributed by atoms with E-state index in [1.54, 1.807) is 12.1 Å². The standard InChI is InChI=1S/C21H31ClN4O2/c1-14-6-3-4-8-18(14)24-20(27)15(2)26-11-5-7-16(13-26)21(28)25-19-10-9-17(22)12-23-19/h9-10,12,14-16,18H,3-8,11,13H2,1-2H3,(H,24,27)(H,23,25,28). The largest absolute Gasteiger partial charge is 0.352 e. The average Bonchev–Trinajstić information content (AvgIpc) is 2.71. The van der Waals surface area contributed by atoms with Crippen LogP contribution in [0, 0.1) is 11.8 Å². The Morgan fingerprint density at radius 1 is 1.21 bits per heavy atom. The highest BCUT2D eigenvalue weighted by Gasteiger charge is 2.32. The third-order valence-corrected chi connectivity index (χ3v) is 6.39. The summed E-state index contributed by atoms with van der Waals surface area (Å²) < 4.78 is 0. The van der Waals surface area contributed by atoms with Gasteiger partial charge in [-0.2, -0.15) is 0 Å². The molecule has 1 aliphatic carbocycles. The molecule has 2 fully saturated rings. The predicted molar refractivity (Wildman–Crippen MR) is 111 cm³/mol. The summed E-state index contributed by atoms with van der Waals surface area (Å²) in [4.78, 5) is 31.7. The van der Waals surface area contributed by atoms with Crippen molar-refractivity contribution in [1.29, 1.82) is 0 Å². The minimum atomic E-state index is -0.224. The van der Waals surface area contributed by atoms with Gasteiger partial charge >= 0.3 is 0 Å². The molecule has 0 radical (unpaired) electrons. The summed E-state index contributed by atoms with van der Waals surface area (Å²) in [5.74, 6) is 0.933. The second-order valence-electron chi connectivity index (χ2n) is 8.24. The number of anilines is 1. The summed E-state index contributed by atoms with van der Waals surface area (Å²) in [5, 5.41) is 6.65. The van der Waals surface area contributed by atoms with Crippen molar-refractivity contribution >= 4 is 29.2 Å². The minimum Gasteiger partial charge on any atom is -0.352 e. The van der Waals surface area contributed by atoms with Gasteiger partial charge in [0, 0.05) is 18.8 Å². The fourth-order valence-corrected chi connectivity index (χ4v) is 4.36. The van der Waals surface area contributed by atoms with Crippen molar-refractivity contribution in [3.05, 3.63) is 23.4 Å². The molecule has 0 aromatic carbocycles. The first-order valence-electron chi connectivity index (χ1n) is 10.4. The molecule has 0 spiro atoms. The van der Waals surface area contributed by atoms with Gasteiger partial charge in [0.1, 0.15) is 5.82 Å². The topological polar surface area (TPSA) is 74.3 Å². The number of hydrogen-bond acceptors (Lipinski definition) is 4. The lowest BCUT2D eigenvalue weighted by Crippen LogP contribution is -2.53. The molecular weight excluding hydrogens is 376 g/mol. The van der Waals surface area contributed by atoms with Gasteiger partial charge in [-0.15, -0.1) is 0 Å². The second-order valence-corrected chi connectivity index (χ2v) is 8.67. The molecule has 2 amide bonds. The molecule has 6 nitrogen and oxygen atoms in total. The summed E-state index contributed by atoms with van der Waals surface area (Å²) in [6.45, 7) is 5.61. The van der Waals surface area contributed by atoms with Crippen molar-refractivity contribution in [1.82, 2.24) is 15.2 Å². The number of hydrogen-bond donors (Lipinski definition) is 2. The molecule has 2 N–H and O–H groups in total. The van der Waals surface area contributed by atoms with Gasteiger partial charge in [0.15, 0.2) is 0 Å². The van der Waals surface area contributed by atoms with Crippen LogP contribution in [0.4, 0.5) is 5.82 Å². The van der Waals surface area contributed by atoms with Crippen molar-refractivity contribution in [3.63, 3.8) is 0 Å². The van der Waals surface area contributed by atoms with Gasteiger partial charge in [-0.05, 0) is 57.2 Å². The molecule has 1 aromatic rings. The zero-order valence-electron chi connectivity index (χ0n) is 16.8. The second kappa shape index (κ2) is 9.70. The van der Waals surface area contributed by atoms with E-state index in [0.29, 0.717) is 23.3 Å². The SMILES string of the molecule is CC1CCCCC1NC(=O)C(C)N1CCCC(C(=O)Nc2ccc(Cl)cn2)C1. The first kappa shape index (κ1) is 21.1. The van der Waals surface area contributed by atoms with Crippen LogP contribution >= 0.6 is 11.6 Å². The third-order valence-electron chi connectivity index (χ3n) is 6.17.